The van der Waals surface area contributed by atoms with Gasteiger partial charge >= 0.3 is 0 Å². The molecule has 0 N–H and O–H groups in total. The lowest BCUT2D eigenvalue weighted by Crippen LogP contribution is -2.26. The molecule has 1 aliphatic rings. The first-order valence-corrected chi connectivity index (χ1v) is 26.9. The van der Waals surface area contributed by atoms with Crippen molar-refractivity contribution in [1.29, 1.82) is 0 Å². The summed E-state index contributed by atoms with van der Waals surface area (Å²) in [6, 6.07) is 58.6. The van der Waals surface area contributed by atoms with Crippen LogP contribution in [-0.4, -0.2) is 16.2 Å². The minimum absolute atomic E-state index is 0.0424. The van der Waals surface area contributed by atoms with Gasteiger partial charge in [-0.25, -0.2) is 4.98 Å². The third kappa shape index (κ3) is 9.29. The predicted octanol–water partition coefficient (Wildman–Crippen LogP) is 19.4. The molecule has 0 saturated heterocycles. The Morgan fingerprint density at radius 1 is 0.473 bits per heavy atom. The number of fused-ring (bicyclic) bond motifs is 4. The first-order chi connectivity index (χ1) is 35.0. The summed E-state index contributed by atoms with van der Waals surface area (Å²) in [5.41, 5.74) is 17.8. The third-order valence-corrected chi connectivity index (χ3v) is 15.6. The number of aromatic nitrogens is 2. The normalized spacial score (nSPS) is 13.5. The molecule has 0 radical (unpaired) electrons. The molecule has 1 aliphatic heterocycles. The summed E-state index contributed by atoms with van der Waals surface area (Å²) in [6.45, 7) is 35.3. The molecule has 74 heavy (non-hydrogen) atoms. The minimum Gasteiger partial charge on any atom is -0.457 e. The van der Waals surface area contributed by atoms with Gasteiger partial charge in [0.1, 0.15) is 24.0 Å². The number of para-hydroxylation sites is 3. The van der Waals surface area contributed by atoms with E-state index < -0.39 is 0 Å². The van der Waals surface area contributed by atoms with E-state index in [2.05, 4.69) is 276 Å². The molecule has 0 atom stereocenters. The molecule has 0 unspecified atom stereocenters. The van der Waals surface area contributed by atoms with E-state index in [0.717, 1.165) is 45.3 Å². The van der Waals surface area contributed by atoms with E-state index in [1.54, 1.807) is 0 Å². The summed E-state index contributed by atoms with van der Waals surface area (Å²) in [5.74, 6) is 3.11. The van der Waals surface area contributed by atoms with E-state index in [1.165, 1.54) is 66.7 Å². The van der Waals surface area contributed by atoms with Gasteiger partial charge in [0.05, 0.1) is 22.4 Å². The number of pyridine rings is 1. The van der Waals surface area contributed by atoms with Gasteiger partial charge in [0, 0.05) is 45.9 Å². The van der Waals surface area contributed by atoms with E-state index in [0.29, 0.717) is 18.5 Å². The van der Waals surface area contributed by atoms with E-state index >= 15 is 0 Å². The number of nitrogens with zero attached hydrogens (tertiary/aromatic N) is 4. The highest BCUT2D eigenvalue weighted by Crippen LogP contribution is 2.50. The van der Waals surface area contributed by atoms with Crippen LogP contribution in [0.1, 0.15) is 155 Å². The van der Waals surface area contributed by atoms with Crippen molar-refractivity contribution in [2.24, 2.45) is 0 Å². The second-order valence-corrected chi connectivity index (χ2v) is 25.1. The molecule has 0 spiro atoms. The fourth-order valence-electron chi connectivity index (χ4n) is 11.2. The minimum atomic E-state index is -0.216. The van der Waals surface area contributed by atoms with E-state index in [9.17, 15) is 0 Å². The Morgan fingerprint density at radius 3 is 1.68 bits per heavy atom. The second kappa shape index (κ2) is 18.7. The molecule has 10 rings (SSSR count). The molecule has 5 nitrogen and oxygen atoms in total. The number of benzene rings is 7. The summed E-state index contributed by atoms with van der Waals surface area (Å²) in [4.78, 5) is 10.0. The average Bonchev–Trinajstić information content (AvgIpc) is 3.93. The van der Waals surface area contributed by atoms with Crippen LogP contribution in [0.5, 0.6) is 11.5 Å². The average molecular weight is 977 g/mol. The van der Waals surface area contributed by atoms with Crippen molar-refractivity contribution in [1.82, 2.24) is 9.55 Å². The molecule has 0 saturated carbocycles. The van der Waals surface area contributed by atoms with Crippen molar-refractivity contribution in [2.45, 2.75) is 137 Å². The molecule has 7 aromatic carbocycles. The molecule has 0 aliphatic carbocycles. The number of anilines is 4. The standard InChI is InChI=1S/C69H76N4O/c1-44(2)55-27-23-28-56(45(3)4)64(55)46-34-51(71-43-72(61-31-22-21-30-60(61)71)52-37-49(67(8,9)10)36-50(38-52)69(14,15)47-24-17-16-18-25-47)40-53(35-46)74-54-41-58(68(11,12)13)65-57-26-19-20-29-59(57)73(62(65)42-54)63-39-48(32-33-70-63)66(5,6)7/h16-42,44-45H,43H2,1-15H3. The molecule has 5 heteroatoms. The van der Waals surface area contributed by atoms with Crippen LogP contribution < -0.4 is 14.5 Å². The number of hydrogen-bond donors (Lipinski definition) is 0. The van der Waals surface area contributed by atoms with Crippen LogP contribution in [0.15, 0.2) is 164 Å². The van der Waals surface area contributed by atoms with E-state index in [4.69, 9.17) is 9.72 Å². The van der Waals surface area contributed by atoms with Gasteiger partial charge in [-0.2, -0.15) is 0 Å². The SMILES string of the molecule is CC(C)c1cccc(C(C)C)c1-c1cc(Oc2cc(C(C)(C)C)c3c4ccccc4n(-c4cc(C(C)(C)C)ccn4)c3c2)cc(N2CN(c3cc(C(C)(C)C)cc(C(C)(C)c4ccccc4)c3)c3ccccc32)c1. The van der Waals surface area contributed by atoms with Crippen LogP contribution >= 0.6 is 0 Å². The van der Waals surface area contributed by atoms with Crippen LogP contribution in [0.3, 0.4) is 0 Å². The maximum Gasteiger partial charge on any atom is 0.137 e. The van der Waals surface area contributed by atoms with Gasteiger partial charge in [0.15, 0.2) is 0 Å². The first kappa shape index (κ1) is 50.4. The lowest BCUT2D eigenvalue weighted by Gasteiger charge is -2.32. The highest BCUT2D eigenvalue weighted by molar-refractivity contribution is 6.11. The number of rotatable bonds is 10. The van der Waals surface area contributed by atoms with Crippen LogP contribution in [0.4, 0.5) is 22.7 Å². The fraction of sp³-hybridized carbons (Fsp3) is 0.319. The Hall–Kier alpha value is -7.11. The maximum atomic E-state index is 7.42. The lowest BCUT2D eigenvalue weighted by molar-refractivity contribution is 0.480. The van der Waals surface area contributed by atoms with Gasteiger partial charge in [0.2, 0.25) is 0 Å². The molecular weight excluding hydrogens is 901 g/mol. The zero-order valence-electron chi connectivity index (χ0n) is 46.6. The number of ether oxygens (including phenoxy) is 1. The van der Waals surface area contributed by atoms with Crippen LogP contribution in [0.2, 0.25) is 0 Å². The first-order valence-electron chi connectivity index (χ1n) is 26.9. The van der Waals surface area contributed by atoms with Crippen LogP contribution in [0.25, 0.3) is 38.8 Å². The Morgan fingerprint density at radius 2 is 1.05 bits per heavy atom. The summed E-state index contributed by atoms with van der Waals surface area (Å²) >= 11 is 0. The van der Waals surface area contributed by atoms with Gasteiger partial charge in [-0.1, -0.05) is 189 Å². The Kier molecular flexibility index (Phi) is 12.7. The zero-order valence-corrected chi connectivity index (χ0v) is 46.6. The Balaban J connectivity index is 1.17. The van der Waals surface area contributed by atoms with Crippen molar-refractivity contribution >= 4 is 44.6 Å². The maximum absolute atomic E-state index is 7.42. The number of hydrogen-bond acceptors (Lipinski definition) is 4. The van der Waals surface area contributed by atoms with Crippen molar-refractivity contribution in [3.8, 4) is 28.4 Å². The smallest absolute Gasteiger partial charge is 0.137 e. The lowest BCUT2D eigenvalue weighted by atomic mass is 9.75. The molecule has 0 bridgehead atoms. The van der Waals surface area contributed by atoms with Gasteiger partial charge in [-0.15, -0.1) is 0 Å². The monoisotopic (exact) mass is 977 g/mol. The summed E-state index contributed by atoms with van der Waals surface area (Å²) in [6.07, 6.45) is 1.96. The molecule has 0 amide bonds. The molecule has 3 heterocycles. The molecule has 0 fully saturated rings. The Labute approximate surface area is 441 Å². The summed E-state index contributed by atoms with van der Waals surface area (Å²) in [5, 5.41) is 2.43. The van der Waals surface area contributed by atoms with Crippen molar-refractivity contribution in [2.75, 3.05) is 16.5 Å². The topological polar surface area (TPSA) is 33.5 Å². The second-order valence-electron chi connectivity index (χ2n) is 25.1. The quantitative estimate of drug-likeness (QED) is 0.137. The molecular formula is C69H76N4O. The fourth-order valence-corrected chi connectivity index (χ4v) is 11.2. The molecule has 9 aromatic rings. The summed E-state index contributed by atoms with van der Waals surface area (Å²) in [7, 11) is 0. The van der Waals surface area contributed by atoms with Gasteiger partial charge < -0.3 is 14.5 Å². The van der Waals surface area contributed by atoms with Crippen molar-refractivity contribution < 1.29 is 4.74 Å². The third-order valence-electron chi connectivity index (χ3n) is 15.6. The highest BCUT2D eigenvalue weighted by atomic mass is 16.5. The zero-order chi connectivity index (χ0) is 52.6. The van der Waals surface area contributed by atoms with Crippen LogP contribution in [0, 0.1) is 0 Å². The largest absolute Gasteiger partial charge is 0.457 e. The van der Waals surface area contributed by atoms with Crippen molar-refractivity contribution in [3.63, 3.8) is 0 Å². The highest BCUT2D eigenvalue weighted by Gasteiger charge is 2.33. The van der Waals surface area contributed by atoms with Crippen molar-refractivity contribution in [3.05, 3.63) is 203 Å². The molecule has 378 valence electrons. The van der Waals surface area contributed by atoms with Crippen LogP contribution in [-0.2, 0) is 21.7 Å². The predicted molar refractivity (Wildman–Crippen MR) is 315 cm³/mol. The van der Waals surface area contributed by atoms with E-state index in [-0.39, 0.29) is 21.7 Å². The molecule has 2 aromatic heterocycles. The van der Waals surface area contributed by atoms with Gasteiger partial charge in [-0.3, -0.25) is 4.57 Å². The van der Waals surface area contributed by atoms with Gasteiger partial charge in [-0.05, 0) is 139 Å². The summed E-state index contributed by atoms with van der Waals surface area (Å²) < 4.78 is 9.77. The van der Waals surface area contributed by atoms with E-state index in [1.807, 2.05) is 6.20 Å². The Bertz CT molecular complexity index is 3530. The van der Waals surface area contributed by atoms with Gasteiger partial charge in [0.25, 0.3) is 0 Å².